The third-order valence-electron chi connectivity index (χ3n) is 4.93. The second kappa shape index (κ2) is 4.83. The van der Waals surface area contributed by atoms with E-state index < -0.39 is 0 Å². The van der Waals surface area contributed by atoms with Gasteiger partial charge in [-0.1, -0.05) is 24.3 Å². The molecule has 1 N–H and O–H groups in total. The van der Waals surface area contributed by atoms with Crippen molar-refractivity contribution in [2.75, 3.05) is 7.05 Å². The smallest absolute Gasteiger partial charge is 0.0627 e. The van der Waals surface area contributed by atoms with Crippen molar-refractivity contribution in [1.29, 1.82) is 0 Å². The molecule has 1 aromatic carbocycles. The molecule has 0 aliphatic carbocycles. The predicted octanol–water partition coefficient (Wildman–Crippen LogP) is 3.06. The molecule has 4 atom stereocenters. The highest BCUT2D eigenvalue weighted by Crippen LogP contribution is 2.45. The van der Waals surface area contributed by atoms with Crippen LogP contribution in [0.2, 0.25) is 0 Å². The number of aromatic nitrogens is 1. The zero-order chi connectivity index (χ0) is 13.5. The summed E-state index contributed by atoms with van der Waals surface area (Å²) >= 11 is 0. The minimum absolute atomic E-state index is 0.337. The van der Waals surface area contributed by atoms with Gasteiger partial charge in [0.05, 0.1) is 12.2 Å². The lowest BCUT2D eigenvalue weighted by Gasteiger charge is -2.29. The van der Waals surface area contributed by atoms with Crippen LogP contribution in [0.15, 0.2) is 36.7 Å². The lowest BCUT2D eigenvalue weighted by Crippen LogP contribution is -2.32. The van der Waals surface area contributed by atoms with E-state index in [1.165, 1.54) is 35.6 Å². The van der Waals surface area contributed by atoms with Gasteiger partial charge in [0, 0.05) is 29.7 Å². The molecule has 0 radical (unpaired) electrons. The normalized spacial score (nSPS) is 29.9. The van der Waals surface area contributed by atoms with E-state index in [1.54, 1.807) is 0 Å². The van der Waals surface area contributed by atoms with Gasteiger partial charge in [-0.05, 0) is 37.3 Å². The van der Waals surface area contributed by atoms with Crippen LogP contribution in [-0.2, 0) is 4.74 Å². The van der Waals surface area contributed by atoms with Crippen molar-refractivity contribution >= 4 is 10.8 Å². The van der Waals surface area contributed by atoms with E-state index in [9.17, 15) is 0 Å². The molecule has 0 saturated carbocycles. The van der Waals surface area contributed by atoms with E-state index in [4.69, 9.17) is 4.74 Å². The van der Waals surface area contributed by atoms with Gasteiger partial charge in [-0.2, -0.15) is 0 Å². The Balaban J connectivity index is 1.76. The quantitative estimate of drug-likeness (QED) is 0.929. The molecule has 2 aromatic rings. The Kier molecular flexibility index (Phi) is 2.97. The third-order valence-corrected chi connectivity index (χ3v) is 4.93. The molecule has 3 heteroatoms. The average Bonchev–Trinajstić information content (AvgIpc) is 3.11. The summed E-state index contributed by atoms with van der Waals surface area (Å²) in [5, 5.41) is 6.04. The van der Waals surface area contributed by atoms with Crippen molar-refractivity contribution in [3.63, 3.8) is 0 Å². The van der Waals surface area contributed by atoms with Crippen LogP contribution in [0.5, 0.6) is 0 Å². The number of hydrogen-bond acceptors (Lipinski definition) is 3. The zero-order valence-corrected chi connectivity index (χ0v) is 11.8. The highest BCUT2D eigenvalue weighted by atomic mass is 16.5. The first kappa shape index (κ1) is 12.3. The van der Waals surface area contributed by atoms with Gasteiger partial charge in [0.25, 0.3) is 0 Å². The number of fused-ring (bicyclic) bond motifs is 3. The Labute approximate surface area is 119 Å². The number of ether oxygens (including phenoxy) is 1. The third kappa shape index (κ3) is 1.85. The summed E-state index contributed by atoms with van der Waals surface area (Å²) in [4.78, 5) is 4.43. The fourth-order valence-electron chi connectivity index (χ4n) is 4.02. The molecule has 2 bridgehead atoms. The summed E-state index contributed by atoms with van der Waals surface area (Å²) in [7, 11) is 2.05. The lowest BCUT2D eigenvalue weighted by atomic mass is 9.80. The molecule has 2 aliphatic heterocycles. The summed E-state index contributed by atoms with van der Waals surface area (Å²) in [5.41, 5.74) is 1.31. The van der Waals surface area contributed by atoms with Gasteiger partial charge in [-0.3, -0.25) is 4.98 Å². The maximum Gasteiger partial charge on any atom is 0.0627 e. The molecule has 4 rings (SSSR count). The summed E-state index contributed by atoms with van der Waals surface area (Å²) < 4.78 is 6.04. The zero-order valence-electron chi connectivity index (χ0n) is 11.8. The molecular formula is C17H20N2O. The van der Waals surface area contributed by atoms with Gasteiger partial charge >= 0.3 is 0 Å². The second-order valence-electron chi connectivity index (χ2n) is 5.99. The topological polar surface area (TPSA) is 34.2 Å². The van der Waals surface area contributed by atoms with Crippen LogP contribution in [-0.4, -0.2) is 24.2 Å². The van der Waals surface area contributed by atoms with Gasteiger partial charge in [0.1, 0.15) is 0 Å². The van der Waals surface area contributed by atoms with Crippen LogP contribution < -0.4 is 5.32 Å². The lowest BCUT2D eigenvalue weighted by molar-refractivity contribution is 0.0864. The van der Waals surface area contributed by atoms with Gasteiger partial charge in [0.15, 0.2) is 0 Å². The molecule has 2 aliphatic rings. The van der Waals surface area contributed by atoms with Crippen molar-refractivity contribution in [3.05, 3.63) is 42.2 Å². The minimum atomic E-state index is 0.337. The highest BCUT2D eigenvalue weighted by molar-refractivity contribution is 5.85. The predicted molar refractivity (Wildman–Crippen MR) is 79.5 cm³/mol. The highest BCUT2D eigenvalue weighted by Gasteiger charge is 2.44. The first-order valence-electron chi connectivity index (χ1n) is 7.52. The summed E-state index contributed by atoms with van der Waals surface area (Å²) in [6.45, 7) is 0. The molecule has 1 aromatic heterocycles. The largest absolute Gasteiger partial charge is 0.375 e. The van der Waals surface area contributed by atoms with Gasteiger partial charge in [-0.25, -0.2) is 0 Å². The average molecular weight is 268 g/mol. The van der Waals surface area contributed by atoms with Crippen molar-refractivity contribution in [2.24, 2.45) is 5.92 Å². The Bertz CT molecular complexity index is 622. The SMILES string of the molecule is CNC(c1cncc2ccccc12)C1CC2CCC1O2. The van der Waals surface area contributed by atoms with Crippen molar-refractivity contribution in [1.82, 2.24) is 10.3 Å². The van der Waals surface area contributed by atoms with Crippen LogP contribution in [0.3, 0.4) is 0 Å². The van der Waals surface area contributed by atoms with Crippen LogP contribution in [0.25, 0.3) is 10.8 Å². The number of nitrogens with zero attached hydrogens (tertiary/aromatic N) is 1. The molecule has 3 nitrogen and oxygen atoms in total. The van der Waals surface area contributed by atoms with Crippen molar-refractivity contribution in [3.8, 4) is 0 Å². The Morgan fingerprint density at radius 2 is 2.15 bits per heavy atom. The minimum Gasteiger partial charge on any atom is -0.375 e. The molecular weight excluding hydrogens is 248 g/mol. The van der Waals surface area contributed by atoms with Gasteiger partial charge < -0.3 is 10.1 Å². The number of hydrogen-bond donors (Lipinski definition) is 1. The maximum absolute atomic E-state index is 6.04. The van der Waals surface area contributed by atoms with Crippen molar-refractivity contribution < 1.29 is 4.74 Å². The molecule has 2 saturated heterocycles. The first-order chi connectivity index (χ1) is 9.86. The van der Waals surface area contributed by atoms with Gasteiger partial charge in [-0.15, -0.1) is 0 Å². The van der Waals surface area contributed by atoms with Crippen LogP contribution in [0, 0.1) is 5.92 Å². The molecule has 4 unspecified atom stereocenters. The second-order valence-corrected chi connectivity index (χ2v) is 5.99. The van der Waals surface area contributed by atoms with Crippen LogP contribution in [0.1, 0.15) is 30.9 Å². The van der Waals surface area contributed by atoms with E-state index in [0.29, 0.717) is 24.2 Å². The molecule has 3 heterocycles. The van der Waals surface area contributed by atoms with E-state index in [1.807, 2.05) is 12.4 Å². The Morgan fingerprint density at radius 1 is 1.25 bits per heavy atom. The number of benzene rings is 1. The van der Waals surface area contributed by atoms with Crippen LogP contribution in [0.4, 0.5) is 0 Å². The summed E-state index contributed by atoms with van der Waals surface area (Å²) in [6.07, 6.45) is 8.52. The summed E-state index contributed by atoms with van der Waals surface area (Å²) in [5.74, 6) is 0.575. The van der Waals surface area contributed by atoms with Crippen LogP contribution >= 0.6 is 0 Å². The Hall–Kier alpha value is -1.45. The van der Waals surface area contributed by atoms with Crippen molar-refractivity contribution in [2.45, 2.75) is 37.5 Å². The van der Waals surface area contributed by atoms with E-state index >= 15 is 0 Å². The Morgan fingerprint density at radius 3 is 2.90 bits per heavy atom. The molecule has 0 spiro atoms. The standard InChI is InChI=1S/C17H20N2O/c1-18-17(14-8-12-6-7-16(14)20-12)15-10-19-9-11-4-2-3-5-13(11)15/h2-5,9-10,12,14,16-18H,6-8H2,1H3. The maximum atomic E-state index is 6.04. The molecule has 0 amide bonds. The fraction of sp³-hybridized carbons (Fsp3) is 0.471. The monoisotopic (exact) mass is 268 g/mol. The number of pyridine rings is 1. The van der Waals surface area contributed by atoms with E-state index in [-0.39, 0.29) is 0 Å². The summed E-state index contributed by atoms with van der Waals surface area (Å²) in [6, 6.07) is 8.85. The van der Waals surface area contributed by atoms with E-state index in [0.717, 1.165) is 0 Å². The number of rotatable bonds is 3. The number of nitrogens with one attached hydrogen (secondary N) is 1. The molecule has 104 valence electrons. The van der Waals surface area contributed by atoms with Gasteiger partial charge in [0.2, 0.25) is 0 Å². The fourth-order valence-corrected chi connectivity index (χ4v) is 4.02. The molecule has 2 fully saturated rings. The first-order valence-corrected chi connectivity index (χ1v) is 7.52. The molecule has 20 heavy (non-hydrogen) atoms. The van der Waals surface area contributed by atoms with E-state index in [2.05, 4.69) is 41.6 Å².